The summed E-state index contributed by atoms with van der Waals surface area (Å²) in [6, 6.07) is 0. The quantitative estimate of drug-likeness (QED) is 0.489. The second-order valence-corrected chi connectivity index (χ2v) is 1.95. The van der Waals surface area contributed by atoms with Crippen molar-refractivity contribution in [1.82, 2.24) is 0 Å². The number of hydrogen-bond donors (Lipinski definition) is 0. The van der Waals surface area contributed by atoms with Crippen LogP contribution in [0.4, 0.5) is 0 Å². The molecule has 0 nitrogen and oxygen atoms in total. The maximum absolute atomic E-state index is 3.72. The van der Waals surface area contributed by atoms with Crippen molar-refractivity contribution in [1.29, 1.82) is 0 Å². The molecule has 0 fully saturated rings. The van der Waals surface area contributed by atoms with Crippen molar-refractivity contribution in [2.75, 3.05) is 0 Å². The molecule has 8 heavy (non-hydrogen) atoms. The molecule has 0 aromatic heterocycles. The first-order valence-electron chi connectivity index (χ1n) is 3.31. The van der Waals surface area contributed by atoms with Gasteiger partial charge in [0.05, 0.1) is 0 Å². The second kappa shape index (κ2) is 4.89. The van der Waals surface area contributed by atoms with Crippen molar-refractivity contribution in [3.05, 3.63) is 19.1 Å². The number of allylic oxidation sites excluding steroid dienone is 1. The Morgan fingerprint density at radius 1 is 1.50 bits per heavy atom. The molecule has 1 radical (unpaired) electrons. The van der Waals surface area contributed by atoms with Crippen LogP contribution >= 0.6 is 0 Å². The fourth-order valence-electron chi connectivity index (χ4n) is 0.732. The predicted octanol–water partition coefficient (Wildman–Crippen LogP) is 2.81. The summed E-state index contributed by atoms with van der Waals surface area (Å²) in [5.41, 5.74) is 0. The van der Waals surface area contributed by atoms with E-state index in [0.29, 0.717) is 5.92 Å². The van der Waals surface area contributed by atoms with Crippen molar-refractivity contribution < 1.29 is 0 Å². The molecule has 0 heteroatoms. The summed E-state index contributed by atoms with van der Waals surface area (Å²) >= 11 is 0. The van der Waals surface area contributed by atoms with Crippen molar-refractivity contribution >= 4 is 0 Å². The van der Waals surface area contributed by atoms with Gasteiger partial charge in [-0.05, 0) is 18.8 Å². The van der Waals surface area contributed by atoms with E-state index in [0.717, 1.165) is 6.42 Å². The number of rotatable bonds is 4. The lowest BCUT2D eigenvalue weighted by atomic mass is 10.0. The van der Waals surface area contributed by atoms with Crippen molar-refractivity contribution in [3.63, 3.8) is 0 Å². The normalized spacial score (nSPS) is 13.2. The maximum Gasteiger partial charge on any atom is -0.0208 e. The van der Waals surface area contributed by atoms with Crippen LogP contribution in [-0.4, -0.2) is 0 Å². The minimum atomic E-state index is 0.639. The first-order chi connectivity index (χ1) is 3.85. The van der Waals surface area contributed by atoms with Crippen LogP contribution in [0.25, 0.3) is 0 Å². The van der Waals surface area contributed by atoms with E-state index in [2.05, 4.69) is 26.8 Å². The molecule has 47 valence electrons. The highest BCUT2D eigenvalue weighted by atomic mass is 14.0. The number of hydrogen-bond acceptors (Lipinski definition) is 0. The van der Waals surface area contributed by atoms with E-state index in [1.807, 2.05) is 6.08 Å². The minimum absolute atomic E-state index is 0.639. The third-order valence-electron chi connectivity index (χ3n) is 1.31. The van der Waals surface area contributed by atoms with Gasteiger partial charge in [-0.1, -0.05) is 26.3 Å². The lowest BCUT2D eigenvalue weighted by Gasteiger charge is -2.04. The Hall–Kier alpha value is -0.260. The van der Waals surface area contributed by atoms with Gasteiger partial charge < -0.3 is 0 Å². The van der Waals surface area contributed by atoms with Crippen LogP contribution in [-0.2, 0) is 0 Å². The summed E-state index contributed by atoms with van der Waals surface area (Å²) in [7, 11) is 0. The van der Waals surface area contributed by atoms with Crippen LogP contribution in [0.5, 0.6) is 0 Å². The van der Waals surface area contributed by atoms with Crippen molar-refractivity contribution in [3.8, 4) is 0 Å². The molecule has 0 aliphatic carbocycles. The maximum atomic E-state index is 3.72. The zero-order valence-corrected chi connectivity index (χ0v) is 5.85. The summed E-state index contributed by atoms with van der Waals surface area (Å²) in [6.07, 6.45) is 6.64. The molecule has 0 saturated carbocycles. The molecule has 0 spiro atoms. The van der Waals surface area contributed by atoms with Gasteiger partial charge in [-0.2, -0.15) is 0 Å². The van der Waals surface area contributed by atoms with E-state index in [9.17, 15) is 0 Å². The van der Waals surface area contributed by atoms with Gasteiger partial charge in [0.2, 0.25) is 0 Å². The second-order valence-electron chi connectivity index (χ2n) is 1.95. The van der Waals surface area contributed by atoms with Crippen molar-refractivity contribution in [2.24, 2.45) is 5.92 Å². The predicted molar refractivity (Wildman–Crippen MR) is 38.6 cm³/mol. The molecule has 0 N–H and O–H groups in total. The molecule has 0 bridgehead atoms. The fourth-order valence-corrected chi connectivity index (χ4v) is 0.732. The zero-order chi connectivity index (χ0) is 6.41. The summed E-state index contributed by atoms with van der Waals surface area (Å²) < 4.78 is 0. The largest absolute Gasteiger partial charge is 0.103 e. The highest BCUT2D eigenvalue weighted by Gasteiger charge is 1.96. The van der Waals surface area contributed by atoms with E-state index in [1.54, 1.807) is 0 Å². The van der Waals surface area contributed by atoms with Crippen LogP contribution in [0.3, 0.4) is 0 Å². The molecule has 1 unspecified atom stereocenters. The van der Waals surface area contributed by atoms with Gasteiger partial charge in [0.15, 0.2) is 0 Å². The lowest BCUT2D eigenvalue weighted by Crippen LogP contribution is -1.91. The van der Waals surface area contributed by atoms with Gasteiger partial charge >= 0.3 is 0 Å². The average molecular weight is 111 g/mol. The Morgan fingerprint density at radius 2 is 2.12 bits per heavy atom. The van der Waals surface area contributed by atoms with E-state index in [1.165, 1.54) is 6.42 Å². The first kappa shape index (κ1) is 7.74. The van der Waals surface area contributed by atoms with Crippen LogP contribution in [0.2, 0.25) is 0 Å². The molecule has 0 rings (SSSR count). The van der Waals surface area contributed by atoms with Gasteiger partial charge in [-0.3, -0.25) is 0 Å². The molecular formula is C8H15. The van der Waals surface area contributed by atoms with Gasteiger partial charge in [0.25, 0.3) is 0 Å². The Morgan fingerprint density at radius 3 is 2.25 bits per heavy atom. The van der Waals surface area contributed by atoms with Crippen LogP contribution in [0, 0.1) is 12.3 Å². The Kier molecular flexibility index (Phi) is 4.73. The topological polar surface area (TPSA) is 0 Å². The van der Waals surface area contributed by atoms with E-state index in [-0.39, 0.29) is 0 Å². The minimum Gasteiger partial charge on any atom is -0.103 e. The smallest absolute Gasteiger partial charge is 0.0208 e. The molecule has 0 heterocycles. The molecule has 0 aliphatic heterocycles. The van der Waals surface area contributed by atoms with Gasteiger partial charge in [0.1, 0.15) is 0 Å². The van der Waals surface area contributed by atoms with Crippen LogP contribution in [0.1, 0.15) is 26.7 Å². The van der Waals surface area contributed by atoms with Crippen molar-refractivity contribution in [2.45, 2.75) is 26.7 Å². The first-order valence-corrected chi connectivity index (χ1v) is 3.31. The molecule has 1 atom stereocenters. The summed E-state index contributed by atoms with van der Waals surface area (Å²) in [5.74, 6) is 0.639. The molecule has 0 aromatic rings. The van der Waals surface area contributed by atoms with Gasteiger partial charge in [0, 0.05) is 0 Å². The lowest BCUT2D eigenvalue weighted by molar-refractivity contribution is 0.693. The zero-order valence-electron chi connectivity index (χ0n) is 5.85. The Labute approximate surface area is 52.6 Å². The summed E-state index contributed by atoms with van der Waals surface area (Å²) in [5, 5.41) is 0. The highest BCUT2D eigenvalue weighted by Crippen LogP contribution is 2.08. The Bertz CT molecular complexity index is 55.1. The third-order valence-corrected chi connectivity index (χ3v) is 1.31. The van der Waals surface area contributed by atoms with Gasteiger partial charge in [-0.25, -0.2) is 0 Å². The van der Waals surface area contributed by atoms with E-state index in [4.69, 9.17) is 0 Å². The average Bonchev–Trinajstić information content (AvgIpc) is 1.83. The standard InChI is InChI=1S/C8H15/c1-4-7-8(5-2)6-3/h5,7-8H,2,4,6H2,1,3H3. The van der Waals surface area contributed by atoms with Crippen LogP contribution in [0.15, 0.2) is 12.7 Å². The molecular weight excluding hydrogens is 96.1 g/mol. The summed E-state index contributed by atoms with van der Waals surface area (Å²) in [4.78, 5) is 0. The highest BCUT2D eigenvalue weighted by molar-refractivity contribution is 4.87. The SMILES string of the molecule is C=CC([CH]CC)CC. The third kappa shape index (κ3) is 2.84. The molecule has 0 amide bonds. The monoisotopic (exact) mass is 111 g/mol. The van der Waals surface area contributed by atoms with E-state index < -0.39 is 0 Å². The Balaban J connectivity index is 3.21. The summed E-state index contributed by atoms with van der Waals surface area (Å²) in [6.45, 7) is 8.06. The van der Waals surface area contributed by atoms with Crippen LogP contribution < -0.4 is 0 Å². The fraction of sp³-hybridized carbons (Fsp3) is 0.625. The molecule has 0 saturated heterocycles. The van der Waals surface area contributed by atoms with Gasteiger partial charge in [-0.15, -0.1) is 6.58 Å². The molecule has 0 aromatic carbocycles. The van der Waals surface area contributed by atoms with E-state index >= 15 is 0 Å². The molecule has 0 aliphatic rings.